The summed E-state index contributed by atoms with van der Waals surface area (Å²) in [5, 5.41) is -0.321. The van der Waals surface area contributed by atoms with E-state index in [2.05, 4.69) is 0 Å². The monoisotopic (exact) mass is 229 g/mol. The van der Waals surface area contributed by atoms with E-state index < -0.39 is 10.8 Å². The van der Waals surface area contributed by atoms with Crippen LogP contribution in [0.5, 0.6) is 0 Å². The molecule has 2 atom stereocenters. The van der Waals surface area contributed by atoms with Crippen LogP contribution in [0, 0.1) is 0 Å². The number of carbonyl (C=O) groups excluding carboxylic acids is 3. The Kier molecular flexibility index (Phi) is 3.67. The second-order valence-electron chi connectivity index (χ2n) is 4.26. The summed E-state index contributed by atoms with van der Waals surface area (Å²) >= 11 is 1.33. The Balaban J connectivity index is 2.65. The van der Waals surface area contributed by atoms with E-state index in [1.807, 2.05) is 13.8 Å². The van der Waals surface area contributed by atoms with Crippen LogP contribution in [0.1, 0.15) is 26.7 Å². The van der Waals surface area contributed by atoms with Gasteiger partial charge in [0.05, 0.1) is 17.7 Å². The number of thioether (sulfide) groups is 1. The first-order valence-electron chi connectivity index (χ1n) is 4.80. The molecular formula is C10H15NO3S. The molecule has 0 spiro atoms. The summed E-state index contributed by atoms with van der Waals surface area (Å²) in [6.45, 7) is 3.62. The smallest absolute Gasteiger partial charge is 0.153 e. The van der Waals surface area contributed by atoms with E-state index in [1.165, 1.54) is 11.8 Å². The van der Waals surface area contributed by atoms with Gasteiger partial charge in [0.1, 0.15) is 12.1 Å². The maximum atomic E-state index is 11.4. The van der Waals surface area contributed by atoms with Crippen molar-refractivity contribution in [2.45, 2.75) is 42.7 Å². The Morgan fingerprint density at radius 3 is 2.53 bits per heavy atom. The largest absolute Gasteiger partial charge is 0.321 e. The molecule has 1 fully saturated rings. The molecule has 1 rings (SSSR count). The van der Waals surface area contributed by atoms with Gasteiger partial charge in [-0.1, -0.05) is 0 Å². The molecule has 0 heterocycles. The summed E-state index contributed by atoms with van der Waals surface area (Å²) in [5.74, 6) is -0.0656. The lowest BCUT2D eigenvalue weighted by atomic mass is 10.1. The zero-order chi connectivity index (χ0) is 11.6. The van der Waals surface area contributed by atoms with Crippen LogP contribution in [-0.4, -0.2) is 33.9 Å². The van der Waals surface area contributed by atoms with Crippen LogP contribution in [0.25, 0.3) is 0 Å². The van der Waals surface area contributed by atoms with Gasteiger partial charge in [-0.3, -0.25) is 9.59 Å². The molecule has 1 aliphatic rings. The van der Waals surface area contributed by atoms with Crippen molar-refractivity contribution < 1.29 is 14.4 Å². The number of aldehydes is 1. The Labute approximate surface area is 93.0 Å². The van der Waals surface area contributed by atoms with E-state index in [-0.39, 0.29) is 29.7 Å². The SMILES string of the molecule is CC(C)(SC1CC(=O)CC1=O)[C@H](N)C=O. The van der Waals surface area contributed by atoms with Crippen LogP contribution in [0.15, 0.2) is 0 Å². The predicted octanol–water partition coefficient (Wildman–Crippen LogP) is 0.325. The summed E-state index contributed by atoms with van der Waals surface area (Å²) in [7, 11) is 0. The van der Waals surface area contributed by atoms with Gasteiger partial charge in [0, 0.05) is 11.2 Å². The summed E-state index contributed by atoms with van der Waals surface area (Å²) in [6.07, 6.45) is 0.983. The molecule has 0 aromatic carbocycles. The lowest BCUT2D eigenvalue weighted by Gasteiger charge is -2.29. The number of Topliss-reactive ketones (excluding diaryl/α,β-unsaturated/α-hetero) is 2. The first-order valence-corrected chi connectivity index (χ1v) is 5.68. The van der Waals surface area contributed by atoms with Crippen molar-refractivity contribution in [3.8, 4) is 0 Å². The molecule has 4 nitrogen and oxygen atoms in total. The first-order chi connectivity index (χ1) is 6.86. The van der Waals surface area contributed by atoms with Crippen molar-refractivity contribution in [2.24, 2.45) is 5.73 Å². The number of hydrogen-bond donors (Lipinski definition) is 1. The highest BCUT2D eigenvalue weighted by molar-refractivity contribution is 8.02. The number of rotatable bonds is 4. The molecule has 15 heavy (non-hydrogen) atoms. The van der Waals surface area contributed by atoms with Crippen LogP contribution >= 0.6 is 11.8 Å². The first kappa shape index (κ1) is 12.4. The maximum Gasteiger partial charge on any atom is 0.153 e. The molecule has 2 N–H and O–H groups in total. The lowest BCUT2D eigenvalue weighted by molar-refractivity contribution is -0.121. The van der Waals surface area contributed by atoms with Gasteiger partial charge in [-0.15, -0.1) is 11.8 Å². The number of carbonyl (C=O) groups is 3. The summed E-state index contributed by atoms with van der Waals surface area (Å²) < 4.78 is -0.507. The summed E-state index contributed by atoms with van der Waals surface area (Å²) in [5.41, 5.74) is 5.62. The topological polar surface area (TPSA) is 77.2 Å². The summed E-state index contributed by atoms with van der Waals surface area (Å²) in [4.78, 5) is 33.0. The number of hydrogen-bond acceptors (Lipinski definition) is 5. The second kappa shape index (κ2) is 4.45. The third-order valence-electron chi connectivity index (χ3n) is 2.54. The Hall–Kier alpha value is -0.680. The van der Waals surface area contributed by atoms with Crippen molar-refractivity contribution in [3.05, 3.63) is 0 Å². The Bertz CT molecular complexity index is 301. The molecule has 1 aliphatic carbocycles. The molecule has 1 saturated carbocycles. The minimum atomic E-state index is -0.619. The van der Waals surface area contributed by atoms with Gasteiger partial charge in [-0.05, 0) is 13.8 Å². The van der Waals surface area contributed by atoms with Crippen LogP contribution in [0.2, 0.25) is 0 Å². The van der Waals surface area contributed by atoms with E-state index in [0.717, 1.165) is 0 Å². The maximum absolute atomic E-state index is 11.4. The van der Waals surface area contributed by atoms with Gasteiger partial charge in [0.15, 0.2) is 5.78 Å². The molecule has 1 unspecified atom stereocenters. The van der Waals surface area contributed by atoms with E-state index in [1.54, 1.807) is 0 Å². The highest BCUT2D eigenvalue weighted by Gasteiger charge is 2.38. The highest BCUT2D eigenvalue weighted by atomic mass is 32.2. The zero-order valence-corrected chi connectivity index (χ0v) is 9.67. The van der Waals surface area contributed by atoms with Crippen LogP contribution in [0.4, 0.5) is 0 Å². The van der Waals surface area contributed by atoms with Gasteiger partial charge >= 0.3 is 0 Å². The third-order valence-corrected chi connectivity index (χ3v) is 4.13. The normalized spacial score (nSPS) is 24.3. The highest BCUT2D eigenvalue weighted by Crippen LogP contribution is 2.36. The average molecular weight is 229 g/mol. The molecule has 5 heteroatoms. The fraction of sp³-hybridized carbons (Fsp3) is 0.700. The molecule has 84 valence electrons. The predicted molar refractivity (Wildman–Crippen MR) is 58.7 cm³/mol. The Morgan fingerprint density at radius 1 is 1.53 bits per heavy atom. The molecule has 0 saturated heterocycles. The Morgan fingerprint density at radius 2 is 2.13 bits per heavy atom. The molecule has 0 bridgehead atoms. The van der Waals surface area contributed by atoms with E-state index in [0.29, 0.717) is 6.29 Å². The van der Waals surface area contributed by atoms with Crippen molar-refractivity contribution in [1.82, 2.24) is 0 Å². The minimum absolute atomic E-state index is 0.0204. The van der Waals surface area contributed by atoms with Gasteiger partial charge in [-0.25, -0.2) is 0 Å². The number of ketones is 2. The number of nitrogens with two attached hydrogens (primary N) is 1. The average Bonchev–Trinajstić information content (AvgIpc) is 2.43. The van der Waals surface area contributed by atoms with Crippen LogP contribution in [-0.2, 0) is 14.4 Å². The van der Waals surface area contributed by atoms with Crippen molar-refractivity contribution in [3.63, 3.8) is 0 Å². The quantitative estimate of drug-likeness (QED) is 0.555. The van der Waals surface area contributed by atoms with Crippen LogP contribution < -0.4 is 5.73 Å². The van der Waals surface area contributed by atoms with E-state index in [9.17, 15) is 14.4 Å². The fourth-order valence-electron chi connectivity index (χ4n) is 1.42. The van der Waals surface area contributed by atoms with E-state index in [4.69, 9.17) is 5.73 Å². The lowest BCUT2D eigenvalue weighted by Crippen LogP contribution is -2.43. The molecular weight excluding hydrogens is 214 g/mol. The van der Waals surface area contributed by atoms with Gasteiger partial charge in [0.25, 0.3) is 0 Å². The minimum Gasteiger partial charge on any atom is -0.321 e. The summed E-state index contributed by atoms with van der Waals surface area (Å²) in [6, 6.07) is -0.619. The van der Waals surface area contributed by atoms with Crippen molar-refractivity contribution >= 4 is 29.6 Å². The van der Waals surface area contributed by atoms with E-state index >= 15 is 0 Å². The van der Waals surface area contributed by atoms with Crippen LogP contribution in [0.3, 0.4) is 0 Å². The van der Waals surface area contributed by atoms with Gasteiger partial charge in [0.2, 0.25) is 0 Å². The van der Waals surface area contributed by atoms with Gasteiger partial charge in [-0.2, -0.15) is 0 Å². The molecule has 0 aromatic heterocycles. The van der Waals surface area contributed by atoms with Crippen molar-refractivity contribution in [1.29, 1.82) is 0 Å². The third kappa shape index (κ3) is 2.89. The molecule has 0 amide bonds. The molecule has 0 aliphatic heterocycles. The van der Waals surface area contributed by atoms with Gasteiger partial charge < -0.3 is 10.5 Å². The fourth-order valence-corrected chi connectivity index (χ4v) is 2.85. The molecule has 0 aromatic rings. The second-order valence-corrected chi connectivity index (χ2v) is 6.11. The standard InChI is InChI=1S/C10H15NO3S/c1-10(2,9(11)5-12)15-8-4-6(13)3-7(8)14/h5,8-9H,3-4,11H2,1-2H3/t8?,9-/m1/s1. The van der Waals surface area contributed by atoms with Crippen molar-refractivity contribution in [2.75, 3.05) is 0 Å². The zero-order valence-electron chi connectivity index (χ0n) is 8.86. The molecule has 0 radical (unpaired) electrons.